The van der Waals surface area contributed by atoms with Gasteiger partial charge in [-0.25, -0.2) is 8.51 Å². The number of hydrogen-bond acceptors (Lipinski definition) is 4. The summed E-state index contributed by atoms with van der Waals surface area (Å²) in [7, 11) is 0.836. The van der Waals surface area contributed by atoms with Gasteiger partial charge in [0.1, 0.15) is 22.6 Å². The molecule has 1 atom stereocenters. The Hall–Kier alpha value is -1.44. The molecule has 0 saturated carbocycles. The topological polar surface area (TPSA) is 82.7 Å². The second kappa shape index (κ2) is 7.02. The number of likely N-dealkylation sites (N-methyl/N-ethyl adjacent to an activating group) is 1. The number of nitrogens with one attached hydrogen (secondary N) is 1. The molecule has 116 valence electrons. The summed E-state index contributed by atoms with van der Waals surface area (Å²) in [5.74, 6) is 0.486. The first-order valence-electron chi connectivity index (χ1n) is 6.99. The maximum atomic E-state index is 12.6. The minimum atomic E-state index is -1.22. The van der Waals surface area contributed by atoms with Gasteiger partial charge in [0.15, 0.2) is 0 Å². The fourth-order valence-corrected chi connectivity index (χ4v) is 3.41. The third-order valence-corrected chi connectivity index (χ3v) is 4.93. The second-order valence-corrected chi connectivity index (χ2v) is 6.47. The lowest BCUT2D eigenvalue weighted by Gasteiger charge is -2.31. The van der Waals surface area contributed by atoms with Crippen molar-refractivity contribution in [1.29, 1.82) is 5.41 Å². The van der Waals surface area contributed by atoms with Crippen molar-refractivity contribution in [1.82, 2.24) is 9.21 Å². The van der Waals surface area contributed by atoms with Gasteiger partial charge in [-0.1, -0.05) is 0 Å². The van der Waals surface area contributed by atoms with Gasteiger partial charge in [0.25, 0.3) is 0 Å². The Labute approximate surface area is 128 Å². The zero-order chi connectivity index (χ0) is 15.4. The van der Waals surface area contributed by atoms with Crippen molar-refractivity contribution >= 4 is 16.8 Å². The van der Waals surface area contributed by atoms with E-state index in [0.717, 1.165) is 26.2 Å². The zero-order valence-electron chi connectivity index (χ0n) is 12.5. The van der Waals surface area contributed by atoms with Gasteiger partial charge in [-0.05, 0) is 32.2 Å². The summed E-state index contributed by atoms with van der Waals surface area (Å²) in [4.78, 5) is 2.88. The molecule has 3 N–H and O–H groups in total. The molecule has 1 aromatic rings. The predicted molar refractivity (Wildman–Crippen MR) is 84.1 cm³/mol. The van der Waals surface area contributed by atoms with Crippen LogP contribution in [0.15, 0.2) is 23.1 Å². The van der Waals surface area contributed by atoms with E-state index >= 15 is 0 Å². The predicted octanol–water partition coefficient (Wildman–Crippen LogP) is 0.639. The van der Waals surface area contributed by atoms with Crippen LogP contribution in [0, 0.1) is 5.41 Å². The van der Waals surface area contributed by atoms with Crippen molar-refractivity contribution in [3.8, 4) is 5.75 Å². The van der Waals surface area contributed by atoms with Crippen molar-refractivity contribution < 1.29 is 8.95 Å². The van der Waals surface area contributed by atoms with Crippen LogP contribution >= 0.6 is 0 Å². The van der Waals surface area contributed by atoms with E-state index in [-0.39, 0.29) is 5.84 Å². The van der Waals surface area contributed by atoms with Crippen LogP contribution in [0.5, 0.6) is 5.75 Å². The van der Waals surface area contributed by atoms with E-state index in [1.807, 2.05) is 11.2 Å². The Morgan fingerprint density at radius 1 is 1.38 bits per heavy atom. The van der Waals surface area contributed by atoms with E-state index in [4.69, 9.17) is 15.9 Å². The third-order valence-electron chi connectivity index (χ3n) is 3.44. The maximum absolute atomic E-state index is 12.6. The lowest BCUT2D eigenvalue weighted by molar-refractivity contribution is 0.228. The van der Waals surface area contributed by atoms with Crippen molar-refractivity contribution in [2.75, 3.05) is 39.8 Å². The van der Waals surface area contributed by atoms with E-state index in [1.54, 1.807) is 18.2 Å². The first-order valence-corrected chi connectivity index (χ1v) is 8.10. The Balaban J connectivity index is 2.21. The highest BCUT2D eigenvalue weighted by molar-refractivity contribution is 7.82. The average Bonchev–Trinajstić information content (AvgIpc) is 2.48. The molecule has 0 aromatic heterocycles. The molecule has 1 fully saturated rings. The van der Waals surface area contributed by atoms with E-state index in [0.29, 0.717) is 22.8 Å². The number of amidine groups is 1. The number of hydrogen-bond donors (Lipinski definition) is 2. The normalized spacial score (nSPS) is 18.4. The molecular weight excluding hydrogens is 288 g/mol. The SMILES string of the molecule is CCOc1ccc(S(=O)N2CCN(C)CC2)cc1C(=N)N. The summed E-state index contributed by atoms with van der Waals surface area (Å²) in [6, 6.07) is 5.22. The molecule has 0 radical (unpaired) electrons. The molecule has 6 nitrogen and oxygen atoms in total. The zero-order valence-corrected chi connectivity index (χ0v) is 13.3. The van der Waals surface area contributed by atoms with Gasteiger partial charge in [-0.3, -0.25) is 5.41 Å². The second-order valence-electron chi connectivity index (χ2n) is 4.99. The van der Waals surface area contributed by atoms with E-state index in [9.17, 15) is 4.21 Å². The molecule has 0 spiro atoms. The lowest BCUT2D eigenvalue weighted by Crippen LogP contribution is -2.45. The fraction of sp³-hybridized carbons (Fsp3) is 0.500. The summed E-state index contributed by atoms with van der Waals surface area (Å²) >= 11 is 0. The molecular formula is C14H22N4O2S. The smallest absolute Gasteiger partial charge is 0.130 e. The molecule has 7 heteroatoms. The largest absolute Gasteiger partial charge is 0.493 e. The molecule has 1 aromatic carbocycles. The number of nitrogens with two attached hydrogens (primary N) is 1. The number of nitrogens with zero attached hydrogens (tertiary/aromatic N) is 2. The van der Waals surface area contributed by atoms with E-state index in [2.05, 4.69) is 11.9 Å². The minimum absolute atomic E-state index is 0.0734. The number of rotatable bonds is 5. The molecule has 0 bridgehead atoms. The summed E-state index contributed by atoms with van der Waals surface area (Å²) in [5.41, 5.74) is 6.09. The van der Waals surface area contributed by atoms with Gasteiger partial charge in [-0.15, -0.1) is 0 Å². The Morgan fingerprint density at radius 2 is 2.05 bits per heavy atom. The number of ether oxygens (including phenoxy) is 1. The number of piperazine rings is 1. The molecule has 1 aliphatic rings. The van der Waals surface area contributed by atoms with E-state index < -0.39 is 11.0 Å². The Morgan fingerprint density at radius 3 is 2.62 bits per heavy atom. The van der Waals surface area contributed by atoms with Gasteiger partial charge in [0.2, 0.25) is 0 Å². The molecule has 1 saturated heterocycles. The highest BCUT2D eigenvalue weighted by Crippen LogP contribution is 2.23. The highest BCUT2D eigenvalue weighted by atomic mass is 32.2. The molecule has 0 aliphatic carbocycles. The van der Waals surface area contributed by atoms with Gasteiger partial charge < -0.3 is 15.4 Å². The molecule has 0 amide bonds. The van der Waals surface area contributed by atoms with Crippen LogP contribution in [0.4, 0.5) is 0 Å². The molecule has 1 unspecified atom stereocenters. The van der Waals surface area contributed by atoms with Crippen molar-refractivity contribution in [3.05, 3.63) is 23.8 Å². The van der Waals surface area contributed by atoms with Crippen LogP contribution in [-0.2, 0) is 11.0 Å². The van der Waals surface area contributed by atoms with Crippen molar-refractivity contribution in [2.24, 2.45) is 5.73 Å². The Kier molecular flexibility index (Phi) is 5.33. The number of nitrogen functional groups attached to an aromatic ring is 1. The molecule has 1 aliphatic heterocycles. The summed E-state index contributed by atoms with van der Waals surface area (Å²) < 4.78 is 20.0. The average molecular weight is 310 g/mol. The molecule has 1 heterocycles. The highest BCUT2D eigenvalue weighted by Gasteiger charge is 2.21. The van der Waals surface area contributed by atoms with Crippen LogP contribution in [0.2, 0.25) is 0 Å². The first kappa shape index (κ1) is 15.9. The fourth-order valence-electron chi connectivity index (χ4n) is 2.21. The first-order chi connectivity index (χ1) is 10.0. The molecule has 2 rings (SSSR count). The standard InChI is InChI=1S/C14H22N4O2S/c1-3-20-13-5-4-11(10-12(13)14(15)16)21(19)18-8-6-17(2)7-9-18/h4-5,10H,3,6-9H2,1-2H3,(H3,15,16). The monoisotopic (exact) mass is 310 g/mol. The van der Waals surface area contributed by atoms with Crippen LogP contribution in [0.25, 0.3) is 0 Å². The summed E-state index contributed by atoms with van der Waals surface area (Å²) in [5, 5.41) is 7.64. The van der Waals surface area contributed by atoms with E-state index in [1.165, 1.54) is 0 Å². The van der Waals surface area contributed by atoms with Crippen molar-refractivity contribution in [3.63, 3.8) is 0 Å². The maximum Gasteiger partial charge on any atom is 0.130 e. The van der Waals surface area contributed by atoms with Crippen LogP contribution in [0.3, 0.4) is 0 Å². The Bertz CT molecular complexity index is 542. The third kappa shape index (κ3) is 3.81. The van der Waals surface area contributed by atoms with Crippen LogP contribution in [-0.4, -0.2) is 59.1 Å². The quantitative estimate of drug-likeness (QED) is 0.617. The summed E-state index contributed by atoms with van der Waals surface area (Å²) in [6.07, 6.45) is 0. The summed E-state index contributed by atoms with van der Waals surface area (Å²) in [6.45, 7) is 5.73. The lowest BCUT2D eigenvalue weighted by atomic mass is 10.2. The van der Waals surface area contributed by atoms with Gasteiger partial charge >= 0.3 is 0 Å². The van der Waals surface area contributed by atoms with Gasteiger partial charge in [0, 0.05) is 26.2 Å². The van der Waals surface area contributed by atoms with Crippen LogP contribution < -0.4 is 10.5 Å². The van der Waals surface area contributed by atoms with Gasteiger partial charge in [-0.2, -0.15) is 0 Å². The number of benzene rings is 1. The van der Waals surface area contributed by atoms with Crippen LogP contribution in [0.1, 0.15) is 12.5 Å². The molecule has 21 heavy (non-hydrogen) atoms. The van der Waals surface area contributed by atoms with Gasteiger partial charge in [0.05, 0.1) is 17.1 Å². The minimum Gasteiger partial charge on any atom is -0.493 e. The van der Waals surface area contributed by atoms with Crippen molar-refractivity contribution in [2.45, 2.75) is 11.8 Å².